The molecule has 0 heterocycles. The van der Waals surface area contributed by atoms with Crippen molar-refractivity contribution in [1.82, 2.24) is 0 Å². The lowest BCUT2D eigenvalue weighted by Gasteiger charge is -2.21. The van der Waals surface area contributed by atoms with E-state index < -0.39 is 30.3 Å². The molecule has 2 rings (SSSR count). The Bertz CT molecular complexity index is 828. The summed E-state index contributed by atoms with van der Waals surface area (Å²) in [5.74, 6) is -2.70. The van der Waals surface area contributed by atoms with E-state index in [0.717, 1.165) is 23.1 Å². The lowest BCUT2D eigenvalue weighted by atomic mass is 10.2. The van der Waals surface area contributed by atoms with Gasteiger partial charge in [-0.3, -0.25) is 14.5 Å². The standard InChI is InChI=1S/C19H17ClFNO5/c1-2-26-18(24)11-22(14-6-4-3-5-7-14)17(23)12-27-19(25)15-9-8-13(21)10-16(15)20/h3-10H,2,11-12H2,1H3. The highest BCUT2D eigenvalue weighted by Gasteiger charge is 2.22. The number of halogens is 2. The Balaban J connectivity index is 2.08. The van der Waals surface area contributed by atoms with Gasteiger partial charge < -0.3 is 9.47 Å². The van der Waals surface area contributed by atoms with Gasteiger partial charge in [0.2, 0.25) is 0 Å². The summed E-state index contributed by atoms with van der Waals surface area (Å²) in [7, 11) is 0. The Morgan fingerprint density at radius 3 is 2.41 bits per heavy atom. The maximum atomic E-state index is 13.1. The zero-order valence-electron chi connectivity index (χ0n) is 14.5. The quantitative estimate of drug-likeness (QED) is 0.675. The zero-order chi connectivity index (χ0) is 19.8. The van der Waals surface area contributed by atoms with Crippen LogP contribution in [0.1, 0.15) is 17.3 Å². The third-order valence-electron chi connectivity index (χ3n) is 3.44. The van der Waals surface area contributed by atoms with Crippen molar-refractivity contribution in [2.24, 2.45) is 0 Å². The van der Waals surface area contributed by atoms with Crippen molar-refractivity contribution in [1.29, 1.82) is 0 Å². The minimum absolute atomic E-state index is 0.0671. The van der Waals surface area contributed by atoms with E-state index in [1.54, 1.807) is 37.3 Å². The molecule has 0 saturated carbocycles. The fourth-order valence-corrected chi connectivity index (χ4v) is 2.45. The molecular formula is C19H17ClFNO5. The summed E-state index contributed by atoms with van der Waals surface area (Å²) in [6, 6.07) is 11.6. The van der Waals surface area contributed by atoms with E-state index in [2.05, 4.69) is 0 Å². The third kappa shape index (κ3) is 5.79. The summed E-state index contributed by atoms with van der Waals surface area (Å²) in [6.45, 7) is 0.876. The van der Waals surface area contributed by atoms with E-state index in [1.165, 1.54) is 0 Å². The molecule has 0 spiro atoms. The summed E-state index contributed by atoms with van der Waals surface area (Å²) in [4.78, 5) is 37.5. The summed E-state index contributed by atoms with van der Waals surface area (Å²) < 4.78 is 22.9. The summed E-state index contributed by atoms with van der Waals surface area (Å²) in [6.07, 6.45) is 0. The Hall–Kier alpha value is -2.93. The third-order valence-corrected chi connectivity index (χ3v) is 3.75. The van der Waals surface area contributed by atoms with Crippen molar-refractivity contribution >= 4 is 35.1 Å². The number of benzene rings is 2. The average Bonchev–Trinajstić information content (AvgIpc) is 2.65. The molecule has 0 atom stereocenters. The van der Waals surface area contributed by atoms with Crippen molar-refractivity contribution in [3.63, 3.8) is 0 Å². The van der Waals surface area contributed by atoms with Gasteiger partial charge in [0.15, 0.2) is 6.61 Å². The van der Waals surface area contributed by atoms with Crippen molar-refractivity contribution in [3.8, 4) is 0 Å². The minimum Gasteiger partial charge on any atom is -0.465 e. The number of para-hydroxylation sites is 1. The molecule has 0 aromatic heterocycles. The van der Waals surface area contributed by atoms with Crippen LogP contribution in [0.3, 0.4) is 0 Å². The highest BCUT2D eigenvalue weighted by molar-refractivity contribution is 6.33. The van der Waals surface area contributed by atoms with Crippen LogP contribution in [0.2, 0.25) is 5.02 Å². The predicted molar refractivity (Wildman–Crippen MR) is 97.1 cm³/mol. The normalized spacial score (nSPS) is 10.2. The van der Waals surface area contributed by atoms with Crippen LogP contribution in [0.25, 0.3) is 0 Å². The molecule has 2 aromatic rings. The number of carbonyl (C=O) groups excluding carboxylic acids is 3. The van der Waals surface area contributed by atoms with Crippen LogP contribution in [0.4, 0.5) is 10.1 Å². The van der Waals surface area contributed by atoms with Crippen LogP contribution < -0.4 is 4.90 Å². The van der Waals surface area contributed by atoms with E-state index in [4.69, 9.17) is 21.1 Å². The molecule has 1 amide bonds. The van der Waals surface area contributed by atoms with Crippen molar-refractivity contribution < 1.29 is 28.2 Å². The zero-order valence-corrected chi connectivity index (χ0v) is 15.2. The smallest absolute Gasteiger partial charge is 0.340 e. The molecule has 0 radical (unpaired) electrons. The van der Waals surface area contributed by atoms with E-state index in [0.29, 0.717) is 5.69 Å². The Labute approximate surface area is 160 Å². The molecule has 0 bridgehead atoms. The van der Waals surface area contributed by atoms with Gasteiger partial charge in [-0.25, -0.2) is 9.18 Å². The molecule has 0 N–H and O–H groups in total. The lowest BCUT2D eigenvalue weighted by Crippen LogP contribution is -2.39. The number of anilines is 1. The van der Waals surface area contributed by atoms with E-state index in [1.807, 2.05) is 0 Å². The molecule has 142 valence electrons. The predicted octanol–water partition coefficient (Wildman–Crippen LogP) is 3.23. The van der Waals surface area contributed by atoms with Gasteiger partial charge >= 0.3 is 11.9 Å². The van der Waals surface area contributed by atoms with Gasteiger partial charge in [-0.1, -0.05) is 29.8 Å². The molecule has 8 heteroatoms. The fourth-order valence-electron chi connectivity index (χ4n) is 2.21. The first-order valence-corrected chi connectivity index (χ1v) is 8.43. The van der Waals surface area contributed by atoms with Gasteiger partial charge in [-0.05, 0) is 37.3 Å². The Kier molecular flexibility index (Phi) is 7.31. The number of esters is 2. The highest BCUT2D eigenvalue weighted by atomic mass is 35.5. The first-order valence-electron chi connectivity index (χ1n) is 8.05. The fraction of sp³-hybridized carbons (Fsp3) is 0.211. The second-order valence-electron chi connectivity index (χ2n) is 5.32. The van der Waals surface area contributed by atoms with Gasteiger partial charge in [0, 0.05) is 5.69 Å². The SMILES string of the molecule is CCOC(=O)CN(C(=O)COC(=O)c1ccc(F)cc1Cl)c1ccccc1. The molecule has 0 aliphatic carbocycles. The van der Waals surface area contributed by atoms with Crippen LogP contribution in [0, 0.1) is 5.82 Å². The number of nitrogens with zero attached hydrogens (tertiary/aromatic N) is 1. The molecule has 0 saturated heterocycles. The van der Waals surface area contributed by atoms with Crippen LogP contribution >= 0.6 is 11.6 Å². The second kappa shape index (κ2) is 9.68. The molecule has 0 fully saturated rings. The Morgan fingerprint density at radius 2 is 1.78 bits per heavy atom. The van der Waals surface area contributed by atoms with Gasteiger partial charge in [-0.2, -0.15) is 0 Å². The first kappa shape index (κ1) is 20.4. The average molecular weight is 394 g/mol. The maximum Gasteiger partial charge on any atom is 0.340 e. The maximum absolute atomic E-state index is 13.1. The van der Waals surface area contributed by atoms with E-state index in [-0.39, 0.29) is 23.7 Å². The number of carbonyl (C=O) groups is 3. The molecule has 0 unspecified atom stereocenters. The summed E-state index contributed by atoms with van der Waals surface area (Å²) in [5.41, 5.74) is 0.383. The first-order chi connectivity index (χ1) is 12.9. The monoisotopic (exact) mass is 393 g/mol. The van der Waals surface area contributed by atoms with E-state index in [9.17, 15) is 18.8 Å². The number of rotatable bonds is 7. The molecule has 27 heavy (non-hydrogen) atoms. The molecule has 6 nitrogen and oxygen atoms in total. The van der Waals surface area contributed by atoms with Crippen molar-refractivity contribution in [3.05, 3.63) is 64.9 Å². The molecule has 0 aliphatic heterocycles. The van der Waals surface area contributed by atoms with Crippen molar-refractivity contribution in [2.75, 3.05) is 24.7 Å². The highest BCUT2D eigenvalue weighted by Crippen LogP contribution is 2.19. The summed E-state index contributed by atoms with van der Waals surface area (Å²) >= 11 is 5.80. The van der Waals surface area contributed by atoms with Gasteiger partial charge in [-0.15, -0.1) is 0 Å². The minimum atomic E-state index is -0.877. The number of amides is 1. The molecule has 0 aliphatic rings. The topological polar surface area (TPSA) is 72.9 Å². The van der Waals surface area contributed by atoms with Crippen LogP contribution in [-0.2, 0) is 19.1 Å². The van der Waals surface area contributed by atoms with Gasteiger partial charge in [0.1, 0.15) is 12.4 Å². The van der Waals surface area contributed by atoms with Gasteiger partial charge in [0.05, 0.1) is 17.2 Å². The number of hydrogen-bond donors (Lipinski definition) is 0. The van der Waals surface area contributed by atoms with Crippen molar-refractivity contribution in [2.45, 2.75) is 6.92 Å². The van der Waals surface area contributed by atoms with Crippen LogP contribution in [-0.4, -0.2) is 37.6 Å². The molecule has 2 aromatic carbocycles. The molecular weight excluding hydrogens is 377 g/mol. The van der Waals surface area contributed by atoms with Gasteiger partial charge in [0.25, 0.3) is 5.91 Å². The Morgan fingerprint density at radius 1 is 1.07 bits per heavy atom. The van der Waals surface area contributed by atoms with Crippen LogP contribution in [0.15, 0.2) is 48.5 Å². The second-order valence-corrected chi connectivity index (χ2v) is 5.73. The number of ether oxygens (including phenoxy) is 2. The number of hydrogen-bond acceptors (Lipinski definition) is 5. The summed E-state index contributed by atoms with van der Waals surface area (Å²) in [5, 5.41) is -0.126. The van der Waals surface area contributed by atoms with E-state index >= 15 is 0 Å². The largest absolute Gasteiger partial charge is 0.465 e. The van der Waals surface area contributed by atoms with Crippen LogP contribution in [0.5, 0.6) is 0 Å². The lowest BCUT2D eigenvalue weighted by molar-refractivity contribution is -0.142.